The van der Waals surface area contributed by atoms with Crippen LogP contribution in [0.25, 0.3) is 11.4 Å². The summed E-state index contributed by atoms with van der Waals surface area (Å²) in [5, 5.41) is 12.0. The fourth-order valence-electron chi connectivity index (χ4n) is 3.19. The number of aromatic nitrogens is 4. The van der Waals surface area contributed by atoms with Crippen molar-refractivity contribution in [2.24, 2.45) is 5.92 Å². The molecule has 1 fully saturated rings. The molecule has 2 unspecified atom stereocenters. The fourth-order valence-corrected chi connectivity index (χ4v) is 3.19. The van der Waals surface area contributed by atoms with Crippen LogP contribution in [0.1, 0.15) is 45.1 Å². The predicted octanol–water partition coefficient (Wildman–Crippen LogP) is 3.20. The van der Waals surface area contributed by atoms with E-state index >= 15 is 0 Å². The summed E-state index contributed by atoms with van der Waals surface area (Å²) < 4.78 is 15.4. The van der Waals surface area contributed by atoms with Gasteiger partial charge in [0.15, 0.2) is 5.82 Å². The van der Waals surface area contributed by atoms with Gasteiger partial charge in [-0.15, -0.1) is 5.10 Å². The van der Waals surface area contributed by atoms with Gasteiger partial charge in [-0.2, -0.15) is 0 Å². The van der Waals surface area contributed by atoms with Crippen molar-refractivity contribution >= 4 is 5.69 Å². The highest BCUT2D eigenvalue weighted by Gasteiger charge is 2.25. The number of hydrogen-bond acceptors (Lipinski definition) is 4. The zero-order valence-corrected chi connectivity index (χ0v) is 12.2. The normalized spacial score (nSPS) is 23.0. The zero-order chi connectivity index (χ0) is 14.8. The smallest absolute Gasteiger partial charge is 0.182 e. The van der Waals surface area contributed by atoms with Crippen LogP contribution < -0.4 is 5.73 Å². The standard InChI is InChI=1S/C15H20FN5/c1-10-5-3-2-4-6-14(10)21-15(18-19-20-21)11-7-12(16)9-13(17)8-11/h7-10,14H,2-6,17H2,1H3. The Morgan fingerprint density at radius 2 is 2.00 bits per heavy atom. The van der Waals surface area contributed by atoms with Crippen LogP contribution in [0, 0.1) is 11.7 Å². The van der Waals surface area contributed by atoms with Crippen LogP contribution in [0.2, 0.25) is 0 Å². The molecule has 0 spiro atoms. The minimum atomic E-state index is -0.367. The molecule has 1 saturated carbocycles. The van der Waals surface area contributed by atoms with Crippen molar-refractivity contribution in [3.8, 4) is 11.4 Å². The topological polar surface area (TPSA) is 69.6 Å². The van der Waals surface area contributed by atoms with Crippen LogP contribution in [0.4, 0.5) is 10.1 Å². The summed E-state index contributed by atoms with van der Waals surface area (Å²) in [5.74, 6) is 0.745. The van der Waals surface area contributed by atoms with E-state index in [-0.39, 0.29) is 11.9 Å². The molecule has 2 atom stereocenters. The Bertz CT molecular complexity index is 604. The van der Waals surface area contributed by atoms with Crippen LogP contribution >= 0.6 is 0 Å². The van der Waals surface area contributed by atoms with Gasteiger partial charge in [0, 0.05) is 11.3 Å². The van der Waals surface area contributed by atoms with E-state index in [2.05, 4.69) is 22.4 Å². The van der Waals surface area contributed by atoms with Crippen LogP contribution in [-0.2, 0) is 0 Å². The Hall–Kier alpha value is -1.98. The molecule has 3 rings (SSSR count). The highest BCUT2D eigenvalue weighted by Crippen LogP contribution is 2.34. The van der Waals surface area contributed by atoms with Crippen LogP contribution in [0.3, 0.4) is 0 Å². The van der Waals surface area contributed by atoms with E-state index < -0.39 is 0 Å². The minimum absolute atomic E-state index is 0.266. The first-order valence-electron chi connectivity index (χ1n) is 7.49. The average molecular weight is 289 g/mol. The number of benzene rings is 1. The molecule has 0 aliphatic heterocycles. The van der Waals surface area contributed by atoms with Crippen LogP contribution in [-0.4, -0.2) is 20.2 Å². The number of tetrazole rings is 1. The number of nitrogen functional groups attached to an aromatic ring is 1. The Morgan fingerprint density at radius 1 is 1.19 bits per heavy atom. The summed E-state index contributed by atoms with van der Waals surface area (Å²) >= 11 is 0. The van der Waals surface area contributed by atoms with Crippen molar-refractivity contribution in [3.05, 3.63) is 24.0 Å². The monoisotopic (exact) mass is 289 g/mol. The van der Waals surface area contributed by atoms with Crippen LogP contribution in [0.15, 0.2) is 18.2 Å². The molecule has 0 saturated heterocycles. The van der Waals surface area contributed by atoms with Gasteiger partial charge in [-0.1, -0.05) is 26.2 Å². The largest absolute Gasteiger partial charge is 0.399 e. The van der Waals surface area contributed by atoms with E-state index in [1.54, 1.807) is 6.07 Å². The predicted molar refractivity (Wildman–Crippen MR) is 78.9 cm³/mol. The number of nitrogens with two attached hydrogens (primary N) is 1. The van der Waals surface area contributed by atoms with E-state index in [9.17, 15) is 4.39 Å². The molecule has 112 valence electrons. The van der Waals surface area contributed by atoms with Gasteiger partial charge >= 0.3 is 0 Å². The van der Waals surface area contributed by atoms with Gasteiger partial charge in [-0.25, -0.2) is 9.07 Å². The summed E-state index contributed by atoms with van der Waals surface area (Å²) in [4.78, 5) is 0. The Morgan fingerprint density at radius 3 is 2.81 bits per heavy atom. The van der Waals surface area contributed by atoms with Gasteiger partial charge in [-0.05, 0) is 47.4 Å². The quantitative estimate of drug-likeness (QED) is 0.681. The number of rotatable bonds is 2. The molecule has 0 radical (unpaired) electrons. The second kappa shape index (κ2) is 5.79. The molecule has 1 aliphatic carbocycles. The van der Waals surface area contributed by atoms with Crippen molar-refractivity contribution < 1.29 is 4.39 Å². The second-order valence-corrected chi connectivity index (χ2v) is 5.90. The van der Waals surface area contributed by atoms with Gasteiger partial charge in [0.05, 0.1) is 6.04 Å². The molecule has 2 aromatic rings. The van der Waals surface area contributed by atoms with E-state index in [1.807, 2.05) is 4.68 Å². The molecular weight excluding hydrogens is 269 g/mol. The van der Waals surface area contributed by atoms with E-state index in [0.717, 1.165) is 6.42 Å². The number of halogens is 1. The van der Waals surface area contributed by atoms with Crippen molar-refractivity contribution in [1.82, 2.24) is 20.2 Å². The molecule has 5 nitrogen and oxygen atoms in total. The van der Waals surface area contributed by atoms with Gasteiger partial charge < -0.3 is 5.73 Å². The first-order valence-corrected chi connectivity index (χ1v) is 7.49. The lowest BCUT2D eigenvalue weighted by molar-refractivity contribution is 0.306. The molecule has 21 heavy (non-hydrogen) atoms. The summed E-state index contributed by atoms with van der Waals surface area (Å²) in [6.45, 7) is 2.24. The molecule has 1 aromatic carbocycles. The maximum atomic E-state index is 13.6. The van der Waals surface area contributed by atoms with Crippen molar-refractivity contribution in [2.45, 2.75) is 45.1 Å². The Labute approximate surface area is 123 Å². The second-order valence-electron chi connectivity index (χ2n) is 5.90. The van der Waals surface area contributed by atoms with E-state index in [4.69, 9.17) is 5.73 Å². The van der Waals surface area contributed by atoms with Gasteiger partial charge in [0.2, 0.25) is 0 Å². The molecule has 1 aliphatic rings. The van der Waals surface area contributed by atoms with Gasteiger partial charge in [0.25, 0.3) is 0 Å². The van der Waals surface area contributed by atoms with E-state index in [1.165, 1.54) is 37.8 Å². The maximum Gasteiger partial charge on any atom is 0.182 e. The Balaban J connectivity index is 2.00. The lowest BCUT2D eigenvalue weighted by Crippen LogP contribution is -2.18. The molecule has 0 amide bonds. The van der Waals surface area contributed by atoms with Gasteiger partial charge in [0.1, 0.15) is 5.82 Å². The molecular formula is C15H20FN5. The Kier molecular flexibility index (Phi) is 3.86. The summed E-state index contributed by atoms with van der Waals surface area (Å²) in [6, 6.07) is 4.71. The third-order valence-corrected chi connectivity index (χ3v) is 4.30. The third kappa shape index (κ3) is 2.89. The van der Waals surface area contributed by atoms with E-state index in [0.29, 0.717) is 23.0 Å². The van der Waals surface area contributed by atoms with Crippen molar-refractivity contribution in [3.63, 3.8) is 0 Å². The summed E-state index contributed by atoms with van der Waals surface area (Å²) in [5.41, 5.74) is 6.74. The maximum absolute atomic E-state index is 13.6. The minimum Gasteiger partial charge on any atom is -0.399 e. The SMILES string of the molecule is CC1CCCCCC1n1nnnc1-c1cc(N)cc(F)c1. The lowest BCUT2D eigenvalue weighted by atomic mass is 9.97. The van der Waals surface area contributed by atoms with Crippen molar-refractivity contribution in [2.75, 3.05) is 5.73 Å². The third-order valence-electron chi connectivity index (χ3n) is 4.30. The average Bonchev–Trinajstić information content (AvgIpc) is 2.81. The fraction of sp³-hybridized carbons (Fsp3) is 0.533. The number of hydrogen-bond donors (Lipinski definition) is 1. The molecule has 1 heterocycles. The first kappa shape index (κ1) is 14.0. The molecule has 0 bridgehead atoms. The number of nitrogens with zero attached hydrogens (tertiary/aromatic N) is 4. The highest BCUT2D eigenvalue weighted by molar-refractivity contribution is 5.61. The molecule has 1 aromatic heterocycles. The number of anilines is 1. The van der Waals surface area contributed by atoms with Gasteiger partial charge in [-0.3, -0.25) is 0 Å². The summed E-state index contributed by atoms with van der Waals surface area (Å²) in [7, 11) is 0. The highest BCUT2D eigenvalue weighted by atomic mass is 19.1. The lowest BCUT2D eigenvalue weighted by Gasteiger charge is -2.22. The molecule has 6 heteroatoms. The van der Waals surface area contributed by atoms with Crippen molar-refractivity contribution in [1.29, 1.82) is 0 Å². The first-order chi connectivity index (χ1) is 10.1. The summed E-state index contributed by atoms with van der Waals surface area (Å²) in [6.07, 6.45) is 5.92. The zero-order valence-electron chi connectivity index (χ0n) is 12.2. The van der Waals surface area contributed by atoms with Crippen LogP contribution in [0.5, 0.6) is 0 Å². The molecule has 2 N–H and O–H groups in total.